The molecule has 21 heavy (non-hydrogen) atoms. The first kappa shape index (κ1) is 14.9. The average Bonchev–Trinajstić information content (AvgIpc) is 2.87. The van der Waals surface area contributed by atoms with Crippen LogP contribution < -0.4 is 5.32 Å². The Bertz CT molecular complexity index is 691. The standard InChI is InChI=1S/C15H20N2O2S2/c1-16-12(14-8-4-5-9-21(14,18)19)10-15-17-11-6-2-3-7-13(11)20-15/h2-3,6-7,12,14,16H,4-5,8-10H2,1H3. The molecule has 1 N–H and O–H groups in total. The van der Waals surface area contributed by atoms with E-state index in [1.807, 2.05) is 25.2 Å². The molecule has 1 saturated heterocycles. The number of sulfone groups is 1. The predicted octanol–water partition coefficient (Wildman–Crippen LogP) is 2.39. The number of benzene rings is 1. The van der Waals surface area contributed by atoms with Crippen LogP contribution in [0.3, 0.4) is 0 Å². The van der Waals surface area contributed by atoms with Crippen molar-refractivity contribution in [2.24, 2.45) is 0 Å². The highest BCUT2D eigenvalue weighted by molar-refractivity contribution is 7.92. The van der Waals surface area contributed by atoms with Gasteiger partial charge in [0.15, 0.2) is 9.84 Å². The molecule has 0 bridgehead atoms. The number of likely N-dealkylation sites (N-methyl/N-ethyl adjacent to an activating group) is 1. The largest absolute Gasteiger partial charge is 0.315 e. The van der Waals surface area contributed by atoms with Gasteiger partial charge in [-0.25, -0.2) is 13.4 Å². The molecular formula is C15H20N2O2S2. The van der Waals surface area contributed by atoms with Crippen LogP contribution in [0.15, 0.2) is 24.3 Å². The van der Waals surface area contributed by atoms with Crippen LogP contribution in [0, 0.1) is 0 Å². The molecule has 3 rings (SSSR count). The zero-order chi connectivity index (χ0) is 14.9. The Morgan fingerprint density at radius 3 is 2.90 bits per heavy atom. The Kier molecular flexibility index (Phi) is 4.28. The van der Waals surface area contributed by atoms with E-state index < -0.39 is 9.84 Å². The topological polar surface area (TPSA) is 59.1 Å². The van der Waals surface area contributed by atoms with Crippen LogP contribution in [0.1, 0.15) is 24.3 Å². The number of thiazole rings is 1. The monoisotopic (exact) mass is 324 g/mol. The van der Waals surface area contributed by atoms with Crippen molar-refractivity contribution in [2.75, 3.05) is 12.8 Å². The van der Waals surface area contributed by atoms with Crippen LogP contribution in [0.25, 0.3) is 10.2 Å². The van der Waals surface area contributed by atoms with Gasteiger partial charge in [-0.05, 0) is 32.0 Å². The van der Waals surface area contributed by atoms with Crippen molar-refractivity contribution in [2.45, 2.75) is 37.0 Å². The van der Waals surface area contributed by atoms with Gasteiger partial charge < -0.3 is 5.32 Å². The van der Waals surface area contributed by atoms with Gasteiger partial charge in [-0.3, -0.25) is 0 Å². The molecular weight excluding hydrogens is 304 g/mol. The summed E-state index contributed by atoms with van der Waals surface area (Å²) in [6, 6.07) is 8.00. The van der Waals surface area contributed by atoms with Gasteiger partial charge in [0.2, 0.25) is 0 Å². The van der Waals surface area contributed by atoms with Crippen molar-refractivity contribution in [1.82, 2.24) is 10.3 Å². The first-order chi connectivity index (χ1) is 10.1. The minimum Gasteiger partial charge on any atom is -0.315 e. The SMILES string of the molecule is CNC(Cc1nc2ccccc2s1)C1CCCCS1(=O)=O. The van der Waals surface area contributed by atoms with Gasteiger partial charge in [-0.1, -0.05) is 18.6 Å². The number of para-hydroxylation sites is 1. The quantitative estimate of drug-likeness (QED) is 0.938. The summed E-state index contributed by atoms with van der Waals surface area (Å²) in [5.41, 5.74) is 0.999. The number of nitrogens with one attached hydrogen (secondary N) is 1. The Hall–Kier alpha value is -0.980. The van der Waals surface area contributed by atoms with Crippen LogP contribution in [0.2, 0.25) is 0 Å². The lowest BCUT2D eigenvalue weighted by atomic mass is 10.0. The Balaban J connectivity index is 1.83. The van der Waals surface area contributed by atoms with E-state index in [0.717, 1.165) is 34.5 Å². The summed E-state index contributed by atoms with van der Waals surface area (Å²) in [5.74, 6) is 0.329. The van der Waals surface area contributed by atoms with E-state index >= 15 is 0 Å². The number of hydrogen-bond acceptors (Lipinski definition) is 5. The Labute approximate surface area is 129 Å². The van der Waals surface area contributed by atoms with Crippen LogP contribution in [0.5, 0.6) is 0 Å². The highest BCUT2D eigenvalue weighted by Gasteiger charge is 2.35. The number of rotatable bonds is 4. The van der Waals surface area contributed by atoms with Gasteiger partial charge in [0, 0.05) is 12.5 Å². The average molecular weight is 324 g/mol. The summed E-state index contributed by atoms with van der Waals surface area (Å²) >= 11 is 1.66. The lowest BCUT2D eigenvalue weighted by Gasteiger charge is -2.29. The summed E-state index contributed by atoms with van der Waals surface area (Å²) in [5, 5.41) is 3.94. The second kappa shape index (κ2) is 6.02. The first-order valence-electron chi connectivity index (χ1n) is 7.33. The summed E-state index contributed by atoms with van der Waals surface area (Å²) in [4.78, 5) is 4.63. The number of hydrogen-bond donors (Lipinski definition) is 1. The number of aromatic nitrogens is 1. The van der Waals surface area contributed by atoms with Gasteiger partial charge in [-0.2, -0.15) is 0 Å². The lowest BCUT2D eigenvalue weighted by molar-refractivity contribution is 0.456. The molecule has 2 unspecified atom stereocenters. The molecule has 6 heteroatoms. The number of fused-ring (bicyclic) bond motifs is 1. The maximum absolute atomic E-state index is 12.3. The molecule has 114 valence electrons. The zero-order valence-corrected chi connectivity index (χ0v) is 13.7. The van der Waals surface area contributed by atoms with Crippen molar-refractivity contribution in [3.05, 3.63) is 29.3 Å². The van der Waals surface area contributed by atoms with Crippen LogP contribution in [-0.4, -0.2) is 37.5 Å². The molecule has 1 aromatic heterocycles. The molecule has 1 aromatic carbocycles. The molecule has 2 heterocycles. The normalized spacial score (nSPS) is 23.2. The smallest absolute Gasteiger partial charge is 0.154 e. The molecule has 1 aliphatic rings. The molecule has 1 fully saturated rings. The molecule has 0 amide bonds. The van der Waals surface area contributed by atoms with E-state index in [1.54, 1.807) is 11.3 Å². The molecule has 2 aromatic rings. The van der Waals surface area contributed by atoms with E-state index in [9.17, 15) is 8.42 Å². The lowest BCUT2D eigenvalue weighted by Crippen LogP contribution is -2.46. The summed E-state index contributed by atoms with van der Waals surface area (Å²) < 4.78 is 25.7. The fraction of sp³-hybridized carbons (Fsp3) is 0.533. The second-order valence-corrected chi connectivity index (χ2v) is 9.03. The molecule has 0 radical (unpaired) electrons. The van der Waals surface area contributed by atoms with Crippen molar-refractivity contribution in [3.63, 3.8) is 0 Å². The van der Waals surface area contributed by atoms with Crippen molar-refractivity contribution >= 4 is 31.4 Å². The van der Waals surface area contributed by atoms with E-state index in [-0.39, 0.29) is 11.3 Å². The summed E-state index contributed by atoms with van der Waals surface area (Å²) in [6.07, 6.45) is 3.25. The first-order valence-corrected chi connectivity index (χ1v) is 9.86. The van der Waals surface area contributed by atoms with E-state index in [0.29, 0.717) is 12.2 Å². The highest BCUT2D eigenvalue weighted by Crippen LogP contribution is 2.27. The van der Waals surface area contributed by atoms with Crippen LogP contribution in [0.4, 0.5) is 0 Å². The molecule has 4 nitrogen and oxygen atoms in total. The Morgan fingerprint density at radius 1 is 1.38 bits per heavy atom. The number of nitrogens with zero attached hydrogens (tertiary/aromatic N) is 1. The van der Waals surface area contributed by atoms with Gasteiger partial charge in [0.1, 0.15) is 0 Å². The maximum atomic E-state index is 12.3. The van der Waals surface area contributed by atoms with E-state index in [1.165, 1.54) is 0 Å². The fourth-order valence-corrected chi connectivity index (χ4v) is 6.24. The minimum absolute atomic E-state index is 0.0455. The Morgan fingerprint density at radius 2 is 2.19 bits per heavy atom. The second-order valence-electron chi connectivity index (χ2n) is 5.58. The third kappa shape index (κ3) is 3.12. The van der Waals surface area contributed by atoms with Crippen LogP contribution >= 0.6 is 11.3 Å². The summed E-state index contributed by atoms with van der Waals surface area (Å²) in [6.45, 7) is 0. The third-order valence-electron chi connectivity index (χ3n) is 4.18. The molecule has 1 aliphatic heterocycles. The molecule has 0 aliphatic carbocycles. The highest BCUT2D eigenvalue weighted by atomic mass is 32.2. The molecule has 2 atom stereocenters. The predicted molar refractivity (Wildman–Crippen MR) is 87.6 cm³/mol. The maximum Gasteiger partial charge on any atom is 0.154 e. The van der Waals surface area contributed by atoms with Crippen LogP contribution in [-0.2, 0) is 16.3 Å². The van der Waals surface area contributed by atoms with Gasteiger partial charge >= 0.3 is 0 Å². The van der Waals surface area contributed by atoms with E-state index in [2.05, 4.69) is 16.4 Å². The molecule has 0 spiro atoms. The van der Waals surface area contributed by atoms with Gasteiger partial charge in [0.25, 0.3) is 0 Å². The fourth-order valence-electron chi connectivity index (χ4n) is 3.05. The molecule has 0 saturated carbocycles. The summed E-state index contributed by atoms with van der Waals surface area (Å²) in [7, 11) is -1.12. The van der Waals surface area contributed by atoms with Gasteiger partial charge in [-0.15, -0.1) is 11.3 Å². The third-order valence-corrected chi connectivity index (χ3v) is 7.58. The van der Waals surface area contributed by atoms with Gasteiger partial charge in [0.05, 0.1) is 26.2 Å². The van der Waals surface area contributed by atoms with E-state index in [4.69, 9.17) is 0 Å². The zero-order valence-electron chi connectivity index (χ0n) is 12.1. The van der Waals surface area contributed by atoms with Crippen molar-refractivity contribution in [3.8, 4) is 0 Å². The minimum atomic E-state index is -2.97. The van der Waals surface area contributed by atoms with Crippen molar-refractivity contribution in [1.29, 1.82) is 0 Å². The van der Waals surface area contributed by atoms with Crippen molar-refractivity contribution < 1.29 is 8.42 Å².